The van der Waals surface area contributed by atoms with Crippen LogP contribution in [0, 0.1) is 0 Å². The Morgan fingerprint density at radius 3 is 0.983 bits per heavy atom. The highest BCUT2D eigenvalue weighted by Gasteiger charge is 2.20. The fourth-order valence-electron chi connectivity index (χ4n) is 5.99. The van der Waals surface area contributed by atoms with Gasteiger partial charge in [0, 0.05) is 33.5 Å². The van der Waals surface area contributed by atoms with Crippen molar-refractivity contribution in [2.45, 2.75) is 9.79 Å². The van der Waals surface area contributed by atoms with E-state index in [0.29, 0.717) is 22.7 Å². The largest absolute Gasteiger partial charge is 0.333 e. The summed E-state index contributed by atoms with van der Waals surface area (Å²) in [6.07, 6.45) is 0. The van der Waals surface area contributed by atoms with E-state index in [0.717, 1.165) is 21.5 Å². The summed E-state index contributed by atoms with van der Waals surface area (Å²) in [6.45, 7) is 0. The van der Waals surface area contributed by atoms with Crippen LogP contribution in [-0.2, 0) is 20.0 Å². The summed E-state index contributed by atoms with van der Waals surface area (Å²) < 4.78 is 55.3. The van der Waals surface area contributed by atoms with E-state index in [1.54, 1.807) is 12.1 Å². The topological polar surface area (TPSA) is 233 Å². The number of fused-ring (bicyclic) bond motifs is 2. The van der Waals surface area contributed by atoms with Gasteiger partial charge in [-0.25, -0.2) is 45.5 Å². The summed E-state index contributed by atoms with van der Waals surface area (Å²) in [5.41, 5.74) is 2.10. The van der Waals surface area contributed by atoms with E-state index >= 15 is 0 Å². The molecule has 0 bridgehead atoms. The molecule has 7 aromatic rings. The van der Waals surface area contributed by atoms with E-state index < -0.39 is 44.2 Å². The third-order valence-electron chi connectivity index (χ3n) is 8.78. The van der Waals surface area contributed by atoms with Crippen molar-refractivity contribution >= 4 is 99.8 Å². The van der Waals surface area contributed by atoms with Crippen molar-refractivity contribution in [2.75, 3.05) is 31.9 Å². The number of rotatable bonds is 10. The number of carbonyl (C=O) groups excluding carboxylic acids is 4. The maximum absolute atomic E-state index is 12.9. The van der Waals surface area contributed by atoms with Gasteiger partial charge in [0.15, 0.2) is 0 Å². The number of hydrogen-bond donors (Lipinski definition) is 8. The number of anilines is 6. The zero-order valence-electron chi connectivity index (χ0n) is 31.1. The van der Waals surface area contributed by atoms with E-state index in [1.165, 1.54) is 72.8 Å². The zero-order valence-corrected chi connectivity index (χ0v) is 32.7. The quantitative estimate of drug-likeness (QED) is 0.0666. The molecule has 60 heavy (non-hydrogen) atoms. The van der Waals surface area contributed by atoms with Crippen LogP contribution in [0.1, 0.15) is 0 Å². The SMILES string of the molecule is O=C(Nc1ccc(S(=O)(=O)NC(=O)Nc2ccc(NC(=O)NS(=O)(=O)c3ccc(NC(=O)Nc4cccc5ccccc45)cc3)cc2)cc1)Nc1cccc2ccccc12. The minimum Gasteiger partial charge on any atom is -0.308 e. The second kappa shape index (κ2) is 17.3. The van der Waals surface area contributed by atoms with Crippen LogP contribution in [0.15, 0.2) is 168 Å². The Kier molecular flexibility index (Phi) is 11.6. The van der Waals surface area contributed by atoms with Gasteiger partial charge in [-0.15, -0.1) is 0 Å². The first-order valence-electron chi connectivity index (χ1n) is 17.9. The molecular weight excluding hydrogens is 809 g/mol. The lowest BCUT2D eigenvalue weighted by Crippen LogP contribution is -2.34. The van der Waals surface area contributed by atoms with Crippen LogP contribution >= 0.6 is 0 Å². The Bertz CT molecular complexity index is 2770. The van der Waals surface area contributed by atoms with Crippen LogP contribution in [-0.4, -0.2) is 41.0 Å². The van der Waals surface area contributed by atoms with Gasteiger partial charge in [0.1, 0.15) is 0 Å². The molecule has 0 radical (unpaired) electrons. The summed E-state index contributed by atoms with van der Waals surface area (Å²) >= 11 is 0. The monoisotopic (exact) mass is 842 g/mol. The van der Waals surface area contributed by atoms with Crippen LogP contribution in [0.25, 0.3) is 21.5 Å². The summed E-state index contributed by atoms with van der Waals surface area (Å²) in [6, 6.07) is 38.6. The minimum absolute atomic E-state index is 0.150. The molecular formula is C42H34N8O8S2. The normalized spacial score (nSPS) is 11.2. The third-order valence-corrected chi connectivity index (χ3v) is 11.5. The molecule has 0 spiro atoms. The fourth-order valence-corrected chi connectivity index (χ4v) is 7.80. The zero-order chi connectivity index (χ0) is 42.3. The molecule has 0 saturated heterocycles. The molecule has 0 aliphatic rings. The molecule has 0 saturated carbocycles. The number of hydrogen-bond acceptors (Lipinski definition) is 8. The van der Waals surface area contributed by atoms with Gasteiger partial charge in [-0.1, -0.05) is 72.8 Å². The van der Waals surface area contributed by atoms with Gasteiger partial charge < -0.3 is 31.9 Å². The molecule has 0 fully saturated rings. The standard InChI is InChI=1S/C42H34N8O8S2/c51-39(47-37-13-5-9-27-7-1-3-11-35(27)37)43-31-19-23-33(24-20-31)59(55,56)49-41(53)45-29-15-17-30(18-16-29)46-42(54)50-60(57,58)34-25-21-32(22-26-34)44-40(52)48-38-14-6-10-28-8-2-4-12-36(28)38/h1-26H,(H2,43,47,51)(H2,44,48,52)(H2,45,49,53)(H2,46,50,54). The average molecular weight is 843 g/mol. The van der Waals surface area contributed by atoms with Crippen molar-refractivity contribution in [3.05, 3.63) is 158 Å². The van der Waals surface area contributed by atoms with Crippen molar-refractivity contribution in [3.8, 4) is 0 Å². The van der Waals surface area contributed by atoms with Crippen molar-refractivity contribution in [1.29, 1.82) is 0 Å². The van der Waals surface area contributed by atoms with Gasteiger partial charge in [-0.3, -0.25) is 0 Å². The predicted molar refractivity (Wildman–Crippen MR) is 231 cm³/mol. The highest BCUT2D eigenvalue weighted by molar-refractivity contribution is 7.90. The van der Waals surface area contributed by atoms with Gasteiger partial charge in [0.05, 0.1) is 21.2 Å². The lowest BCUT2D eigenvalue weighted by molar-refractivity contribution is 0.255. The molecule has 0 aliphatic carbocycles. The molecule has 18 heteroatoms. The van der Waals surface area contributed by atoms with Gasteiger partial charge >= 0.3 is 24.1 Å². The Morgan fingerprint density at radius 1 is 0.317 bits per heavy atom. The van der Waals surface area contributed by atoms with Crippen molar-refractivity contribution in [3.63, 3.8) is 0 Å². The Hall–Kier alpha value is -7.96. The molecule has 0 heterocycles. The lowest BCUT2D eigenvalue weighted by atomic mass is 10.1. The molecule has 8 amide bonds. The van der Waals surface area contributed by atoms with Crippen LogP contribution in [0.4, 0.5) is 53.3 Å². The molecule has 0 aromatic heterocycles. The minimum atomic E-state index is -4.32. The Labute approximate surface area is 343 Å². The van der Waals surface area contributed by atoms with Crippen molar-refractivity contribution < 1.29 is 36.0 Å². The number of carbonyl (C=O) groups is 4. The molecule has 16 nitrogen and oxygen atoms in total. The molecule has 8 N–H and O–H groups in total. The maximum atomic E-state index is 12.9. The first-order valence-corrected chi connectivity index (χ1v) is 20.9. The predicted octanol–water partition coefficient (Wildman–Crippen LogP) is 8.30. The number of sulfonamides is 2. The molecule has 0 aliphatic heterocycles. The van der Waals surface area contributed by atoms with Gasteiger partial charge in [0.2, 0.25) is 0 Å². The van der Waals surface area contributed by atoms with E-state index in [9.17, 15) is 36.0 Å². The van der Waals surface area contributed by atoms with Crippen LogP contribution in [0.5, 0.6) is 0 Å². The summed E-state index contributed by atoms with van der Waals surface area (Å²) in [7, 11) is -8.64. The van der Waals surface area contributed by atoms with E-state index in [1.807, 2.05) is 82.2 Å². The fraction of sp³-hybridized carbons (Fsp3) is 0. The summed E-state index contributed by atoms with van der Waals surface area (Å²) in [4.78, 5) is 50.0. The Morgan fingerprint density at radius 2 is 0.617 bits per heavy atom. The maximum Gasteiger partial charge on any atom is 0.333 e. The number of benzene rings is 7. The first kappa shape index (κ1) is 40.2. The van der Waals surface area contributed by atoms with E-state index in [-0.39, 0.29) is 21.2 Å². The number of urea groups is 4. The lowest BCUT2D eigenvalue weighted by Gasteiger charge is -2.12. The Balaban J connectivity index is 0.864. The molecule has 0 unspecified atom stereocenters. The van der Waals surface area contributed by atoms with E-state index in [2.05, 4.69) is 31.9 Å². The van der Waals surface area contributed by atoms with Gasteiger partial charge in [-0.05, 0) is 95.7 Å². The molecule has 7 aromatic carbocycles. The molecule has 7 rings (SSSR count). The molecule has 302 valence electrons. The average Bonchev–Trinajstić information content (AvgIpc) is 3.22. The van der Waals surface area contributed by atoms with Crippen LogP contribution in [0.2, 0.25) is 0 Å². The third kappa shape index (κ3) is 9.94. The van der Waals surface area contributed by atoms with Gasteiger partial charge in [-0.2, -0.15) is 0 Å². The van der Waals surface area contributed by atoms with E-state index in [4.69, 9.17) is 0 Å². The second-order valence-corrected chi connectivity index (χ2v) is 16.3. The van der Waals surface area contributed by atoms with Crippen molar-refractivity contribution in [1.82, 2.24) is 9.44 Å². The smallest absolute Gasteiger partial charge is 0.308 e. The molecule has 0 atom stereocenters. The van der Waals surface area contributed by atoms with Crippen LogP contribution < -0.4 is 41.3 Å². The highest BCUT2D eigenvalue weighted by atomic mass is 32.2. The summed E-state index contributed by atoms with van der Waals surface area (Å²) in [5, 5.41) is 19.2. The number of nitrogens with one attached hydrogen (secondary N) is 8. The highest BCUT2D eigenvalue weighted by Crippen LogP contribution is 2.25. The first-order chi connectivity index (χ1) is 28.8. The number of amides is 8. The second-order valence-electron chi connectivity index (χ2n) is 13.0. The van der Waals surface area contributed by atoms with Crippen molar-refractivity contribution in [2.24, 2.45) is 0 Å². The van der Waals surface area contributed by atoms with Crippen LogP contribution in [0.3, 0.4) is 0 Å². The van der Waals surface area contributed by atoms with Gasteiger partial charge in [0.25, 0.3) is 20.0 Å². The summed E-state index contributed by atoms with van der Waals surface area (Å²) in [5.74, 6) is 0.